The molecule has 0 aromatic carbocycles. The largest absolute Gasteiger partial charge is 0.472 e. The first-order chi connectivity index (χ1) is 23.7. The Morgan fingerprint density at radius 2 is 1.04 bits per heavy atom. The van der Waals surface area contributed by atoms with Crippen molar-refractivity contribution in [3.63, 3.8) is 0 Å². The third-order valence-electron chi connectivity index (χ3n) is 8.57. The number of phosphoric ester groups is 1. The fraction of sp³-hybridized carbons (Fsp3) is 0.895. The Morgan fingerprint density at radius 3 is 1.49 bits per heavy atom. The summed E-state index contributed by atoms with van der Waals surface area (Å²) in [6, 6.07) is 0. The summed E-state index contributed by atoms with van der Waals surface area (Å²) >= 11 is 0. The lowest BCUT2D eigenvalue weighted by Crippen LogP contribution is -2.29. The van der Waals surface area contributed by atoms with E-state index in [2.05, 4.69) is 18.0 Å². The number of hydrogen-bond donors (Lipinski definition) is 3. The smallest absolute Gasteiger partial charge is 0.462 e. The molecule has 10 nitrogen and oxygen atoms in total. The number of carbonyl (C=O) groups is 2. The number of esters is 2. The van der Waals surface area contributed by atoms with Gasteiger partial charge in [-0.15, -0.1) is 6.58 Å². The third kappa shape index (κ3) is 34.9. The minimum absolute atomic E-state index is 0.188. The van der Waals surface area contributed by atoms with E-state index in [1.165, 1.54) is 103 Å². The summed E-state index contributed by atoms with van der Waals surface area (Å²) in [6.45, 7) is 3.89. The number of carbonyl (C=O) groups excluding carboxylic acids is 2. The quantitative estimate of drug-likeness (QED) is 0.0244. The molecule has 0 aromatic rings. The number of unbranched alkanes of at least 4 members (excludes halogenated alkanes) is 23. The minimum atomic E-state index is -4.60. The average Bonchev–Trinajstić information content (AvgIpc) is 3.09. The Labute approximate surface area is 298 Å². The van der Waals surface area contributed by atoms with E-state index in [1.54, 1.807) is 0 Å². The van der Waals surface area contributed by atoms with Gasteiger partial charge in [0.25, 0.3) is 0 Å². The van der Waals surface area contributed by atoms with Gasteiger partial charge in [0.1, 0.15) is 12.7 Å². The second-order valence-electron chi connectivity index (χ2n) is 13.4. The van der Waals surface area contributed by atoms with Crippen LogP contribution in [-0.2, 0) is 32.7 Å². The highest BCUT2D eigenvalue weighted by atomic mass is 31.2. The van der Waals surface area contributed by atoms with Crippen molar-refractivity contribution in [3.05, 3.63) is 12.7 Å². The number of aliphatic hydroxyl groups excluding tert-OH is 2. The lowest BCUT2D eigenvalue weighted by atomic mass is 10.0. The van der Waals surface area contributed by atoms with Gasteiger partial charge in [0.05, 0.1) is 19.8 Å². The van der Waals surface area contributed by atoms with Crippen molar-refractivity contribution >= 4 is 19.8 Å². The van der Waals surface area contributed by atoms with Crippen LogP contribution in [0.1, 0.15) is 180 Å². The predicted molar refractivity (Wildman–Crippen MR) is 196 cm³/mol. The number of rotatable bonds is 38. The van der Waals surface area contributed by atoms with Crippen LogP contribution in [0.2, 0.25) is 0 Å². The topological polar surface area (TPSA) is 149 Å². The van der Waals surface area contributed by atoms with E-state index in [0.29, 0.717) is 12.8 Å². The van der Waals surface area contributed by atoms with Crippen molar-refractivity contribution in [1.29, 1.82) is 0 Å². The van der Waals surface area contributed by atoms with Crippen molar-refractivity contribution in [2.75, 3.05) is 26.4 Å². The van der Waals surface area contributed by atoms with Gasteiger partial charge in [-0.05, 0) is 25.7 Å². The molecule has 0 fully saturated rings. The number of allylic oxidation sites excluding steroid dienone is 1. The molecule has 3 atom stereocenters. The van der Waals surface area contributed by atoms with Crippen LogP contribution in [0.25, 0.3) is 0 Å². The fourth-order valence-electron chi connectivity index (χ4n) is 5.50. The first-order valence-electron chi connectivity index (χ1n) is 19.6. The van der Waals surface area contributed by atoms with E-state index in [1.807, 2.05) is 6.08 Å². The second-order valence-corrected chi connectivity index (χ2v) is 14.9. The van der Waals surface area contributed by atoms with Crippen LogP contribution in [0.5, 0.6) is 0 Å². The Balaban J connectivity index is 4.29. The molecule has 3 N–H and O–H groups in total. The molecule has 1 unspecified atom stereocenters. The van der Waals surface area contributed by atoms with E-state index in [9.17, 15) is 24.2 Å². The highest BCUT2D eigenvalue weighted by Crippen LogP contribution is 2.43. The highest BCUT2D eigenvalue weighted by Gasteiger charge is 2.27. The molecule has 0 aromatic heterocycles. The number of aliphatic hydroxyl groups is 2. The molecule has 0 aliphatic rings. The van der Waals surface area contributed by atoms with Crippen molar-refractivity contribution in [2.24, 2.45) is 0 Å². The molecule has 290 valence electrons. The summed E-state index contributed by atoms with van der Waals surface area (Å²) < 4.78 is 32.6. The molecule has 0 radical (unpaired) electrons. The van der Waals surface area contributed by atoms with Gasteiger partial charge in [-0.3, -0.25) is 18.6 Å². The summed E-state index contributed by atoms with van der Waals surface area (Å²) in [4.78, 5) is 34.8. The summed E-state index contributed by atoms with van der Waals surface area (Å²) in [7, 11) is -4.60. The van der Waals surface area contributed by atoms with Crippen LogP contribution in [0.3, 0.4) is 0 Å². The zero-order valence-electron chi connectivity index (χ0n) is 31.0. The average molecular weight is 721 g/mol. The van der Waals surface area contributed by atoms with Crippen LogP contribution in [0.15, 0.2) is 12.7 Å². The van der Waals surface area contributed by atoms with E-state index in [0.717, 1.165) is 44.9 Å². The predicted octanol–water partition coefficient (Wildman–Crippen LogP) is 9.67. The SMILES string of the molecule is C=CCCCCCCCCCCCCCCCC(=O)OC[C@H](COP(=O)(O)OC[C@@H](O)CO)OC(=O)CCCCCCCCCCCCC. The van der Waals surface area contributed by atoms with E-state index in [4.69, 9.17) is 19.1 Å². The van der Waals surface area contributed by atoms with Crippen molar-refractivity contribution in [1.82, 2.24) is 0 Å². The zero-order chi connectivity index (χ0) is 36.3. The molecule has 0 amide bonds. The van der Waals surface area contributed by atoms with Gasteiger partial charge in [-0.2, -0.15) is 0 Å². The number of hydrogen-bond acceptors (Lipinski definition) is 9. The van der Waals surface area contributed by atoms with Gasteiger partial charge in [0.15, 0.2) is 6.10 Å². The Bertz CT molecular complexity index is 824. The summed E-state index contributed by atoms with van der Waals surface area (Å²) in [6.07, 6.45) is 29.3. The molecule has 0 aliphatic heterocycles. The maximum atomic E-state index is 12.5. The molecule has 0 bridgehead atoms. The molecule has 0 spiro atoms. The minimum Gasteiger partial charge on any atom is -0.462 e. The van der Waals surface area contributed by atoms with Gasteiger partial charge in [-0.1, -0.05) is 148 Å². The maximum absolute atomic E-state index is 12.5. The third-order valence-corrected chi connectivity index (χ3v) is 9.52. The lowest BCUT2D eigenvalue weighted by molar-refractivity contribution is -0.161. The van der Waals surface area contributed by atoms with Gasteiger partial charge in [0, 0.05) is 12.8 Å². The van der Waals surface area contributed by atoms with Gasteiger partial charge < -0.3 is 24.6 Å². The fourth-order valence-corrected chi connectivity index (χ4v) is 6.29. The maximum Gasteiger partial charge on any atom is 0.472 e. The van der Waals surface area contributed by atoms with Crippen molar-refractivity contribution in [3.8, 4) is 0 Å². The molecular weight excluding hydrogens is 647 g/mol. The highest BCUT2D eigenvalue weighted by molar-refractivity contribution is 7.47. The Morgan fingerprint density at radius 1 is 0.633 bits per heavy atom. The molecule has 0 rings (SSSR count). The molecule has 0 aliphatic carbocycles. The number of ether oxygens (including phenoxy) is 2. The first-order valence-corrected chi connectivity index (χ1v) is 21.1. The van der Waals surface area contributed by atoms with E-state index in [-0.39, 0.29) is 19.4 Å². The Hall–Kier alpha value is -1.29. The van der Waals surface area contributed by atoms with E-state index < -0.39 is 51.8 Å². The summed E-state index contributed by atoms with van der Waals surface area (Å²) in [5, 5.41) is 18.3. The lowest BCUT2D eigenvalue weighted by Gasteiger charge is -2.20. The van der Waals surface area contributed by atoms with Gasteiger partial charge in [0.2, 0.25) is 0 Å². The van der Waals surface area contributed by atoms with Crippen LogP contribution < -0.4 is 0 Å². The second kappa shape index (κ2) is 35.1. The zero-order valence-corrected chi connectivity index (χ0v) is 31.9. The Kier molecular flexibility index (Phi) is 34.2. The molecule has 0 saturated heterocycles. The molecule has 11 heteroatoms. The van der Waals surface area contributed by atoms with Crippen LogP contribution >= 0.6 is 7.82 Å². The summed E-state index contributed by atoms with van der Waals surface area (Å²) in [5.41, 5.74) is 0. The monoisotopic (exact) mass is 720 g/mol. The molecular formula is C38H73O10P. The van der Waals surface area contributed by atoms with Crippen LogP contribution in [0.4, 0.5) is 0 Å². The standard InChI is InChI=1S/C38H73O10P/c1-3-5-7-9-11-13-15-16-17-18-20-21-23-25-27-29-37(41)45-33-36(34-47-49(43,44)46-32-35(40)31-39)48-38(42)30-28-26-24-22-19-14-12-10-8-6-4-2/h3,35-36,39-40H,1,4-34H2,2H3,(H,43,44)/t35-,36+/m0/s1. The molecule has 49 heavy (non-hydrogen) atoms. The van der Waals surface area contributed by atoms with Gasteiger partial charge >= 0.3 is 19.8 Å². The number of phosphoric acid groups is 1. The molecule has 0 heterocycles. The van der Waals surface area contributed by atoms with Crippen LogP contribution in [0, 0.1) is 0 Å². The summed E-state index contributed by atoms with van der Waals surface area (Å²) in [5.74, 6) is -0.922. The van der Waals surface area contributed by atoms with Crippen LogP contribution in [-0.4, -0.2) is 65.7 Å². The van der Waals surface area contributed by atoms with Crippen molar-refractivity contribution in [2.45, 2.75) is 192 Å². The molecule has 0 saturated carbocycles. The first kappa shape index (κ1) is 47.7. The van der Waals surface area contributed by atoms with Crippen molar-refractivity contribution < 1.29 is 47.8 Å². The normalized spacial score (nSPS) is 13.9. The van der Waals surface area contributed by atoms with E-state index >= 15 is 0 Å². The van der Waals surface area contributed by atoms with Gasteiger partial charge in [-0.25, -0.2) is 4.57 Å².